The minimum Gasteiger partial charge on any atom is -0.465 e. The Morgan fingerprint density at radius 1 is 0.963 bits per heavy atom. The van der Waals surface area contributed by atoms with Crippen molar-refractivity contribution in [3.8, 4) is 0 Å². The highest BCUT2D eigenvalue weighted by Gasteiger charge is 2.37. The van der Waals surface area contributed by atoms with Gasteiger partial charge in [0.25, 0.3) is 0 Å². The van der Waals surface area contributed by atoms with E-state index in [0.717, 1.165) is 5.56 Å². The van der Waals surface area contributed by atoms with E-state index in [4.69, 9.17) is 34.8 Å². The first-order chi connectivity index (χ1) is 12.8. The van der Waals surface area contributed by atoms with Gasteiger partial charge in [-0.1, -0.05) is 46.9 Å². The van der Waals surface area contributed by atoms with E-state index in [0.29, 0.717) is 20.8 Å². The summed E-state index contributed by atoms with van der Waals surface area (Å²) in [5.74, 6) is -0.188. The van der Waals surface area contributed by atoms with Crippen molar-refractivity contribution in [1.29, 1.82) is 0 Å². The molecule has 2 aromatic rings. The molecule has 9 heteroatoms. The molecule has 1 saturated heterocycles. The SMILES string of the molecule is O=C(Nc1cc(Cl)cc(Cl)c1)N[C@@H]1CN(C(=O)O)C[C@H]1c1ccc(Cl)cc1. The quantitative estimate of drug-likeness (QED) is 0.649. The van der Waals surface area contributed by atoms with Crippen LogP contribution in [0.15, 0.2) is 42.5 Å². The number of hydrogen-bond donors (Lipinski definition) is 3. The second-order valence-corrected chi connectivity index (χ2v) is 7.52. The van der Waals surface area contributed by atoms with E-state index in [2.05, 4.69) is 10.6 Å². The summed E-state index contributed by atoms with van der Waals surface area (Å²) < 4.78 is 0. The van der Waals surface area contributed by atoms with Crippen LogP contribution >= 0.6 is 34.8 Å². The number of anilines is 1. The van der Waals surface area contributed by atoms with E-state index in [9.17, 15) is 14.7 Å². The zero-order chi connectivity index (χ0) is 19.6. The molecule has 6 nitrogen and oxygen atoms in total. The maximum absolute atomic E-state index is 12.4. The number of urea groups is 1. The van der Waals surface area contributed by atoms with Gasteiger partial charge in [-0.25, -0.2) is 9.59 Å². The van der Waals surface area contributed by atoms with Gasteiger partial charge in [0.1, 0.15) is 0 Å². The highest BCUT2D eigenvalue weighted by atomic mass is 35.5. The molecule has 0 aromatic heterocycles. The van der Waals surface area contributed by atoms with Crippen LogP contribution in [0.5, 0.6) is 0 Å². The number of rotatable bonds is 3. The van der Waals surface area contributed by atoms with Crippen LogP contribution in [-0.4, -0.2) is 41.3 Å². The third-order valence-electron chi connectivity index (χ3n) is 4.33. The fourth-order valence-electron chi connectivity index (χ4n) is 3.12. The molecule has 3 N–H and O–H groups in total. The van der Waals surface area contributed by atoms with E-state index in [1.54, 1.807) is 30.3 Å². The summed E-state index contributed by atoms with van der Waals surface area (Å²) in [6.45, 7) is 0.469. The third kappa shape index (κ3) is 4.97. The van der Waals surface area contributed by atoms with Crippen molar-refractivity contribution < 1.29 is 14.7 Å². The minimum absolute atomic E-state index is 0.187. The molecule has 2 aromatic carbocycles. The van der Waals surface area contributed by atoms with Crippen LogP contribution in [0.25, 0.3) is 0 Å². The Balaban J connectivity index is 1.74. The number of benzene rings is 2. The standard InChI is InChI=1S/C18H16Cl3N3O3/c19-11-3-1-10(2-4-11)15-8-24(18(26)27)9-16(15)23-17(25)22-14-6-12(20)5-13(21)7-14/h1-7,15-16H,8-9H2,(H,26,27)(H2,22,23,25)/t15-,16+/m0/s1. The van der Waals surface area contributed by atoms with Gasteiger partial charge in [-0.2, -0.15) is 0 Å². The van der Waals surface area contributed by atoms with Crippen molar-refractivity contribution in [2.45, 2.75) is 12.0 Å². The van der Waals surface area contributed by atoms with Crippen molar-refractivity contribution in [2.75, 3.05) is 18.4 Å². The van der Waals surface area contributed by atoms with E-state index in [1.807, 2.05) is 12.1 Å². The fraction of sp³-hybridized carbons (Fsp3) is 0.222. The summed E-state index contributed by atoms with van der Waals surface area (Å²) in [4.78, 5) is 25.1. The highest BCUT2D eigenvalue weighted by Crippen LogP contribution is 2.29. The number of nitrogens with one attached hydrogen (secondary N) is 2. The molecule has 0 spiro atoms. The molecule has 0 saturated carbocycles. The molecule has 0 aliphatic carbocycles. The molecule has 1 heterocycles. The van der Waals surface area contributed by atoms with Crippen LogP contribution in [0.3, 0.4) is 0 Å². The summed E-state index contributed by atoms with van der Waals surface area (Å²) in [5, 5.41) is 16.2. The molecule has 2 atom stereocenters. The molecule has 3 amide bonds. The van der Waals surface area contributed by atoms with E-state index < -0.39 is 18.2 Å². The Morgan fingerprint density at radius 2 is 1.59 bits per heavy atom. The van der Waals surface area contributed by atoms with Crippen molar-refractivity contribution >= 4 is 52.6 Å². The summed E-state index contributed by atoms with van der Waals surface area (Å²) in [6, 6.07) is 11.0. The van der Waals surface area contributed by atoms with Crippen molar-refractivity contribution in [3.05, 3.63) is 63.1 Å². The van der Waals surface area contributed by atoms with Gasteiger partial charge in [0, 0.05) is 39.8 Å². The first-order valence-electron chi connectivity index (χ1n) is 8.09. The lowest BCUT2D eigenvalue weighted by Crippen LogP contribution is -2.42. The van der Waals surface area contributed by atoms with E-state index >= 15 is 0 Å². The molecule has 0 unspecified atom stereocenters. The molecule has 1 aliphatic rings. The van der Waals surface area contributed by atoms with Crippen LogP contribution in [0.1, 0.15) is 11.5 Å². The number of amides is 3. The molecule has 27 heavy (non-hydrogen) atoms. The number of carbonyl (C=O) groups is 2. The maximum Gasteiger partial charge on any atom is 0.407 e. The van der Waals surface area contributed by atoms with Crippen molar-refractivity contribution in [2.24, 2.45) is 0 Å². The number of carboxylic acid groups (broad SMARTS) is 1. The largest absolute Gasteiger partial charge is 0.465 e. The molecule has 0 radical (unpaired) electrons. The number of nitrogens with zero attached hydrogens (tertiary/aromatic N) is 1. The van der Waals surface area contributed by atoms with Crippen molar-refractivity contribution in [1.82, 2.24) is 10.2 Å². The van der Waals surface area contributed by atoms with Gasteiger partial charge in [0.05, 0.1) is 6.04 Å². The predicted octanol–water partition coefficient (Wildman–Crippen LogP) is 4.91. The topological polar surface area (TPSA) is 81.7 Å². The van der Waals surface area contributed by atoms with Crippen LogP contribution in [0.2, 0.25) is 15.1 Å². The van der Waals surface area contributed by atoms with Gasteiger partial charge in [0.15, 0.2) is 0 Å². The first-order valence-corrected chi connectivity index (χ1v) is 9.22. The zero-order valence-electron chi connectivity index (χ0n) is 14.0. The Hall–Kier alpha value is -2.15. The van der Waals surface area contributed by atoms with Gasteiger partial charge < -0.3 is 20.6 Å². The average Bonchev–Trinajstić information content (AvgIpc) is 2.98. The van der Waals surface area contributed by atoms with Gasteiger partial charge in [-0.3, -0.25) is 0 Å². The molecule has 1 fully saturated rings. The van der Waals surface area contributed by atoms with Gasteiger partial charge in [-0.15, -0.1) is 0 Å². The number of hydrogen-bond acceptors (Lipinski definition) is 2. The highest BCUT2D eigenvalue weighted by molar-refractivity contribution is 6.35. The lowest BCUT2D eigenvalue weighted by molar-refractivity contribution is 0.154. The minimum atomic E-state index is -1.03. The number of carbonyl (C=O) groups excluding carboxylic acids is 1. The molecular formula is C18H16Cl3N3O3. The Bertz CT molecular complexity index is 840. The average molecular weight is 429 g/mol. The normalized spacial score (nSPS) is 19.0. The van der Waals surface area contributed by atoms with E-state index in [-0.39, 0.29) is 19.0 Å². The summed E-state index contributed by atoms with van der Waals surface area (Å²) >= 11 is 17.8. The smallest absolute Gasteiger partial charge is 0.407 e. The number of likely N-dealkylation sites (tertiary alicyclic amines) is 1. The second-order valence-electron chi connectivity index (χ2n) is 6.21. The van der Waals surface area contributed by atoms with E-state index in [1.165, 1.54) is 4.90 Å². The number of halogens is 3. The third-order valence-corrected chi connectivity index (χ3v) is 5.01. The Kier molecular flexibility index (Phi) is 5.99. The molecule has 0 bridgehead atoms. The summed E-state index contributed by atoms with van der Waals surface area (Å²) in [7, 11) is 0. The Labute approximate surface area is 171 Å². The van der Waals surface area contributed by atoms with Crippen LogP contribution < -0.4 is 10.6 Å². The summed E-state index contributed by atoms with van der Waals surface area (Å²) in [5.41, 5.74) is 1.35. The van der Waals surface area contributed by atoms with Crippen LogP contribution in [0, 0.1) is 0 Å². The molecule has 1 aliphatic heterocycles. The zero-order valence-corrected chi connectivity index (χ0v) is 16.2. The van der Waals surface area contributed by atoms with Crippen molar-refractivity contribution in [3.63, 3.8) is 0 Å². The van der Waals surface area contributed by atoms with Gasteiger partial charge in [0.2, 0.25) is 0 Å². The van der Waals surface area contributed by atoms with Gasteiger partial charge >= 0.3 is 12.1 Å². The molecular weight excluding hydrogens is 413 g/mol. The monoisotopic (exact) mass is 427 g/mol. The molecule has 142 valence electrons. The maximum atomic E-state index is 12.4. The fourth-order valence-corrected chi connectivity index (χ4v) is 3.77. The lowest BCUT2D eigenvalue weighted by Gasteiger charge is -2.20. The second kappa shape index (κ2) is 8.25. The lowest BCUT2D eigenvalue weighted by atomic mass is 9.94. The Morgan fingerprint density at radius 3 is 2.19 bits per heavy atom. The molecule has 3 rings (SSSR count). The van der Waals surface area contributed by atoms with Crippen LogP contribution in [0.4, 0.5) is 15.3 Å². The van der Waals surface area contributed by atoms with Crippen LogP contribution in [-0.2, 0) is 0 Å². The first kappa shape index (κ1) is 19.6. The predicted molar refractivity (Wildman–Crippen MR) is 106 cm³/mol. The van der Waals surface area contributed by atoms with Gasteiger partial charge in [-0.05, 0) is 35.9 Å². The summed E-state index contributed by atoms with van der Waals surface area (Å²) in [6.07, 6.45) is -1.03.